The summed E-state index contributed by atoms with van der Waals surface area (Å²) in [7, 11) is -2.12. The first-order valence-corrected chi connectivity index (χ1v) is 10.5. The van der Waals surface area contributed by atoms with Crippen LogP contribution in [0.15, 0.2) is 95.9 Å². The fourth-order valence-corrected chi connectivity index (χ4v) is 4.02. The van der Waals surface area contributed by atoms with Gasteiger partial charge in [-0.15, -0.1) is 0 Å². The summed E-state index contributed by atoms with van der Waals surface area (Å²) in [6.45, 7) is 0. The summed E-state index contributed by atoms with van der Waals surface area (Å²) >= 11 is 0. The fraction of sp³-hybridized carbons (Fsp3) is 0.0435. The lowest BCUT2D eigenvalue weighted by Gasteiger charge is -2.11. The Bertz CT molecular complexity index is 1240. The van der Waals surface area contributed by atoms with Crippen molar-refractivity contribution in [1.82, 2.24) is 0 Å². The first-order chi connectivity index (χ1) is 14.0. The lowest BCUT2D eigenvalue weighted by Crippen LogP contribution is -2.12. The molecule has 4 rings (SSSR count). The first kappa shape index (κ1) is 18.8. The Labute approximate surface area is 169 Å². The molecule has 0 heterocycles. The molecule has 4 aromatic carbocycles. The van der Waals surface area contributed by atoms with Gasteiger partial charge in [0.1, 0.15) is 17.2 Å². The van der Waals surface area contributed by atoms with Gasteiger partial charge in [0.25, 0.3) is 10.0 Å². The summed E-state index contributed by atoms with van der Waals surface area (Å²) in [5.74, 6) is 2.07. The average molecular weight is 405 g/mol. The highest BCUT2D eigenvalue weighted by Gasteiger charge is 2.15. The van der Waals surface area contributed by atoms with Crippen molar-refractivity contribution < 1.29 is 17.9 Å². The third-order valence-electron chi connectivity index (χ3n) is 4.41. The SMILES string of the molecule is COc1ccc2cc(S(=O)(=O)Nc3ccc(Oc4ccccc4)cc3)ccc2c1. The lowest BCUT2D eigenvalue weighted by molar-refractivity contribution is 0.415. The van der Waals surface area contributed by atoms with Crippen LogP contribution in [0.1, 0.15) is 0 Å². The predicted octanol–water partition coefficient (Wildman–Crippen LogP) is 5.44. The standard InChI is InChI=1S/C23H19NO4S/c1-27-22-11-7-18-16-23(14-8-17(18)15-22)29(25,26)24-19-9-12-21(13-10-19)28-20-5-3-2-4-6-20/h2-16,24H,1H3. The van der Waals surface area contributed by atoms with Crippen LogP contribution in [0.2, 0.25) is 0 Å². The maximum atomic E-state index is 12.8. The van der Waals surface area contributed by atoms with E-state index in [0.29, 0.717) is 17.2 Å². The Hall–Kier alpha value is -3.51. The second-order valence-electron chi connectivity index (χ2n) is 6.42. The topological polar surface area (TPSA) is 64.6 Å². The van der Waals surface area contributed by atoms with Crippen LogP contribution in [0.3, 0.4) is 0 Å². The Morgan fingerprint density at radius 3 is 2.03 bits per heavy atom. The van der Waals surface area contributed by atoms with Crippen molar-refractivity contribution in [2.24, 2.45) is 0 Å². The van der Waals surface area contributed by atoms with Crippen LogP contribution >= 0.6 is 0 Å². The van der Waals surface area contributed by atoms with Crippen molar-refractivity contribution in [2.45, 2.75) is 4.90 Å². The summed E-state index contributed by atoms with van der Waals surface area (Å²) in [6.07, 6.45) is 0. The Morgan fingerprint density at radius 1 is 0.690 bits per heavy atom. The second-order valence-corrected chi connectivity index (χ2v) is 8.10. The number of hydrogen-bond acceptors (Lipinski definition) is 4. The van der Waals surface area contributed by atoms with Crippen LogP contribution in [0.25, 0.3) is 10.8 Å². The highest BCUT2D eigenvalue weighted by Crippen LogP contribution is 2.26. The molecule has 0 aliphatic rings. The molecule has 0 aliphatic carbocycles. The third kappa shape index (κ3) is 4.33. The molecule has 0 aliphatic heterocycles. The number of hydrogen-bond donors (Lipinski definition) is 1. The molecule has 0 radical (unpaired) electrons. The molecule has 0 saturated heterocycles. The van der Waals surface area contributed by atoms with Crippen molar-refractivity contribution >= 4 is 26.5 Å². The van der Waals surface area contributed by atoms with E-state index < -0.39 is 10.0 Å². The molecular weight excluding hydrogens is 386 g/mol. The molecule has 0 aromatic heterocycles. The molecule has 4 aromatic rings. The van der Waals surface area contributed by atoms with E-state index >= 15 is 0 Å². The molecule has 29 heavy (non-hydrogen) atoms. The van der Waals surface area contributed by atoms with Crippen molar-refractivity contribution in [1.29, 1.82) is 0 Å². The minimum atomic E-state index is -3.71. The summed E-state index contributed by atoms with van der Waals surface area (Å²) < 4.78 is 39.1. The minimum Gasteiger partial charge on any atom is -0.497 e. The van der Waals surface area contributed by atoms with Gasteiger partial charge in [-0.05, 0) is 71.4 Å². The number of anilines is 1. The second kappa shape index (κ2) is 7.85. The van der Waals surface area contributed by atoms with Gasteiger partial charge < -0.3 is 9.47 Å². The van der Waals surface area contributed by atoms with Gasteiger partial charge in [-0.3, -0.25) is 4.72 Å². The summed E-state index contributed by atoms with van der Waals surface area (Å²) in [6, 6.07) is 26.7. The van der Waals surface area contributed by atoms with Crippen LogP contribution in [0, 0.1) is 0 Å². The van der Waals surface area contributed by atoms with Gasteiger partial charge in [-0.25, -0.2) is 8.42 Å². The van der Waals surface area contributed by atoms with Gasteiger partial charge in [0, 0.05) is 5.69 Å². The lowest BCUT2D eigenvalue weighted by atomic mass is 10.1. The van der Waals surface area contributed by atoms with Crippen LogP contribution in [0.4, 0.5) is 5.69 Å². The van der Waals surface area contributed by atoms with Gasteiger partial charge in [-0.2, -0.15) is 0 Å². The van der Waals surface area contributed by atoms with E-state index in [0.717, 1.165) is 16.5 Å². The quantitative estimate of drug-likeness (QED) is 0.464. The van der Waals surface area contributed by atoms with Crippen molar-refractivity contribution in [2.75, 3.05) is 11.8 Å². The van der Waals surface area contributed by atoms with Gasteiger partial charge in [0.15, 0.2) is 0 Å². The molecule has 5 nitrogen and oxygen atoms in total. The van der Waals surface area contributed by atoms with Crippen LogP contribution < -0.4 is 14.2 Å². The van der Waals surface area contributed by atoms with E-state index in [1.807, 2.05) is 42.5 Å². The van der Waals surface area contributed by atoms with Crippen LogP contribution in [-0.4, -0.2) is 15.5 Å². The minimum absolute atomic E-state index is 0.194. The molecule has 0 atom stereocenters. The van der Waals surface area contributed by atoms with E-state index in [9.17, 15) is 8.42 Å². The van der Waals surface area contributed by atoms with Gasteiger partial charge in [0.2, 0.25) is 0 Å². The Balaban J connectivity index is 1.53. The maximum absolute atomic E-state index is 12.8. The Morgan fingerprint density at radius 2 is 1.31 bits per heavy atom. The molecule has 0 fully saturated rings. The van der Waals surface area contributed by atoms with Gasteiger partial charge >= 0.3 is 0 Å². The summed E-state index contributed by atoms with van der Waals surface area (Å²) in [4.78, 5) is 0.194. The van der Waals surface area contributed by atoms with Crippen molar-refractivity contribution in [3.05, 3.63) is 91.0 Å². The normalized spacial score (nSPS) is 11.2. The zero-order chi connectivity index (χ0) is 20.3. The molecule has 0 spiro atoms. The zero-order valence-corrected chi connectivity index (χ0v) is 16.5. The smallest absolute Gasteiger partial charge is 0.261 e. The molecular formula is C23H19NO4S. The van der Waals surface area contributed by atoms with E-state index in [1.165, 1.54) is 0 Å². The van der Waals surface area contributed by atoms with Crippen molar-refractivity contribution in [3.63, 3.8) is 0 Å². The number of sulfonamides is 1. The van der Waals surface area contributed by atoms with E-state index in [2.05, 4.69) is 4.72 Å². The highest BCUT2D eigenvalue weighted by atomic mass is 32.2. The predicted molar refractivity (Wildman–Crippen MR) is 114 cm³/mol. The molecule has 6 heteroatoms. The number of fused-ring (bicyclic) bond motifs is 1. The zero-order valence-electron chi connectivity index (χ0n) is 15.7. The molecule has 146 valence electrons. The molecule has 1 N–H and O–H groups in total. The summed E-state index contributed by atoms with van der Waals surface area (Å²) in [5, 5.41) is 1.73. The van der Waals surface area contributed by atoms with Crippen LogP contribution in [-0.2, 0) is 10.0 Å². The van der Waals surface area contributed by atoms with Crippen LogP contribution in [0.5, 0.6) is 17.2 Å². The number of nitrogens with one attached hydrogen (secondary N) is 1. The molecule has 0 saturated carbocycles. The maximum Gasteiger partial charge on any atom is 0.261 e. The molecule has 0 amide bonds. The largest absolute Gasteiger partial charge is 0.497 e. The number of rotatable bonds is 6. The number of para-hydroxylation sites is 1. The first-order valence-electron chi connectivity index (χ1n) is 8.97. The number of methoxy groups -OCH3 is 1. The van der Waals surface area contributed by atoms with Crippen molar-refractivity contribution in [3.8, 4) is 17.2 Å². The molecule has 0 bridgehead atoms. The highest BCUT2D eigenvalue weighted by molar-refractivity contribution is 7.92. The van der Waals surface area contributed by atoms with E-state index in [4.69, 9.17) is 9.47 Å². The number of ether oxygens (including phenoxy) is 2. The Kier molecular flexibility index (Phi) is 5.10. The van der Waals surface area contributed by atoms with Gasteiger partial charge in [-0.1, -0.05) is 30.3 Å². The monoisotopic (exact) mass is 405 g/mol. The fourth-order valence-electron chi connectivity index (χ4n) is 2.93. The number of benzene rings is 4. The van der Waals surface area contributed by atoms with E-state index in [1.54, 1.807) is 55.6 Å². The summed E-state index contributed by atoms with van der Waals surface area (Å²) in [5.41, 5.74) is 0.459. The average Bonchev–Trinajstić information content (AvgIpc) is 2.75. The third-order valence-corrected chi connectivity index (χ3v) is 5.79. The molecule has 0 unspecified atom stereocenters. The van der Waals surface area contributed by atoms with E-state index in [-0.39, 0.29) is 4.90 Å². The van der Waals surface area contributed by atoms with Gasteiger partial charge in [0.05, 0.1) is 12.0 Å².